The second-order valence-electron chi connectivity index (χ2n) is 11.2. The smallest absolute Gasteiger partial charge is 0.311 e. The summed E-state index contributed by atoms with van der Waals surface area (Å²) in [5, 5.41) is 10.1. The first-order chi connectivity index (χ1) is 18.5. The van der Waals surface area contributed by atoms with Crippen LogP contribution in [-0.2, 0) is 28.7 Å². The molecule has 4 unspecified atom stereocenters. The van der Waals surface area contributed by atoms with E-state index in [1.54, 1.807) is 13.8 Å². The van der Waals surface area contributed by atoms with Gasteiger partial charge in [-0.15, -0.1) is 0 Å². The van der Waals surface area contributed by atoms with Crippen molar-refractivity contribution in [2.75, 3.05) is 13.2 Å². The predicted molar refractivity (Wildman–Crippen MR) is 151 cm³/mol. The van der Waals surface area contributed by atoms with Crippen molar-refractivity contribution in [3.8, 4) is 0 Å². The Morgan fingerprint density at radius 2 is 1.41 bits per heavy atom. The maximum Gasteiger partial charge on any atom is 0.311 e. The normalized spacial score (nSPS) is 14.6. The molecule has 0 bridgehead atoms. The molecule has 0 radical (unpaired) electrons. The van der Waals surface area contributed by atoms with Gasteiger partial charge in [0.1, 0.15) is 0 Å². The van der Waals surface area contributed by atoms with E-state index in [0.29, 0.717) is 19.4 Å². The van der Waals surface area contributed by atoms with Crippen LogP contribution < -0.4 is 5.73 Å². The number of carbonyl (C=O) groups excluding carboxylic acids is 3. The Hall–Kier alpha value is -2.90. The molecule has 0 aromatic heterocycles. The third kappa shape index (κ3) is 12.2. The highest BCUT2D eigenvalue weighted by Gasteiger charge is 2.38. The lowest BCUT2D eigenvalue weighted by atomic mass is 9.76. The van der Waals surface area contributed by atoms with Crippen LogP contribution in [0, 0.1) is 23.2 Å². The number of esters is 2. The molecule has 0 heterocycles. The summed E-state index contributed by atoms with van der Waals surface area (Å²) in [4.78, 5) is 50.7. The first kappa shape index (κ1) is 34.1. The molecule has 39 heavy (non-hydrogen) atoms. The SMILES string of the molecule is CCCCOC(=O)C(CC(CC(C)(C)C(=O)OCCCC)C(N)=O)CC(CC(CC)c1ccccc1)C(=O)O. The molecule has 1 aromatic carbocycles. The van der Waals surface area contributed by atoms with Crippen LogP contribution in [0.1, 0.15) is 104 Å². The fourth-order valence-electron chi connectivity index (χ4n) is 4.82. The van der Waals surface area contributed by atoms with Crippen LogP contribution in [0.25, 0.3) is 0 Å². The lowest BCUT2D eigenvalue weighted by Gasteiger charge is -2.29. The molecule has 1 aromatic rings. The number of carboxylic acids is 1. The van der Waals surface area contributed by atoms with Crippen molar-refractivity contribution >= 4 is 23.8 Å². The molecule has 1 rings (SSSR count). The van der Waals surface area contributed by atoms with Gasteiger partial charge in [0.25, 0.3) is 0 Å². The minimum absolute atomic E-state index is 0.00724. The number of benzene rings is 1. The number of aliphatic carboxylic acids is 1. The molecule has 8 heteroatoms. The first-order valence-corrected chi connectivity index (χ1v) is 14.4. The largest absolute Gasteiger partial charge is 0.481 e. The Morgan fingerprint density at radius 3 is 1.92 bits per heavy atom. The molecule has 3 N–H and O–H groups in total. The van der Waals surface area contributed by atoms with Gasteiger partial charge in [0.05, 0.1) is 30.5 Å². The van der Waals surface area contributed by atoms with Gasteiger partial charge < -0.3 is 20.3 Å². The van der Waals surface area contributed by atoms with E-state index in [-0.39, 0.29) is 31.8 Å². The van der Waals surface area contributed by atoms with E-state index < -0.39 is 47.0 Å². The van der Waals surface area contributed by atoms with Crippen LogP contribution >= 0.6 is 0 Å². The summed E-state index contributed by atoms with van der Waals surface area (Å²) in [5.74, 6) is -5.08. The quantitative estimate of drug-likeness (QED) is 0.154. The molecule has 220 valence electrons. The highest BCUT2D eigenvalue weighted by molar-refractivity contribution is 5.81. The van der Waals surface area contributed by atoms with Crippen molar-refractivity contribution in [1.29, 1.82) is 0 Å². The third-order valence-corrected chi connectivity index (χ3v) is 7.34. The van der Waals surface area contributed by atoms with Crippen LogP contribution in [0.4, 0.5) is 0 Å². The molecular formula is C31H49NO7. The summed E-state index contributed by atoms with van der Waals surface area (Å²) in [7, 11) is 0. The number of amides is 1. The number of ether oxygens (including phenoxy) is 2. The van der Waals surface area contributed by atoms with Gasteiger partial charge in [-0.3, -0.25) is 19.2 Å². The molecule has 0 aliphatic heterocycles. The van der Waals surface area contributed by atoms with Crippen LogP contribution in [0.5, 0.6) is 0 Å². The van der Waals surface area contributed by atoms with Gasteiger partial charge >= 0.3 is 17.9 Å². The molecule has 0 saturated heterocycles. The van der Waals surface area contributed by atoms with E-state index >= 15 is 0 Å². The lowest BCUT2D eigenvalue weighted by Crippen LogP contribution is -2.37. The minimum atomic E-state index is -1.00. The molecular weight excluding hydrogens is 498 g/mol. The van der Waals surface area contributed by atoms with Gasteiger partial charge in [-0.2, -0.15) is 0 Å². The van der Waals surface area contributed by atoms with Crippen molar-refractivity contribution in [3.05, 3.63) is 35.9 Å². The van der Waals surface area contributed by atoms with Crippen LogP contribution in [0.3, 0.4) is 0 Å². The Bertz CT molecular complexity index is 899. The van der Waals surface area contributed by atoms with E-state index in [0.717, 1.165) is 31.2 Å². The number of hydrogen-bond acceptors (Lipinski definition) is 6. The number of unbranched alkanes of at least 4 members (excludes halogenated alkanes) is 2. The number of hydrogen-bond donors (Lipinski definition) is 2. The van der Waals surface area contributed by atoms with Crippen molar-refractivity contribution in [2.24, 2.45) is 28.9 Å². The van der Waals surface area contributed by atoms with Crippen molar-refractivity contribution in [1.82, 2.24) is 0 Å². The predicted octanol–water partition coefficient (Wildman–Crippen LogP) is 5.87. The zero-order valence-electron chi connectivity index (χ0n) is 24.4. The Kier molecular flexibility index (Phi) is 15.4. The third-order valence-electron chi connectivity index (χ3n) is 7.34. The molecule has 0 fully saturated rings. The Balaban J connectivity index is 3.16. The van der Waals surface area contributed by atoms with E-state index in [4.69, 9.17) is 15.2 Å². The maximum absolute atomic E-state index is 13.2. The standard InChI is InChI=1S/C31H49NO7/c1-6-9-16-38-29(36)25(19-24(28(34)35)18-22(8-3)23-14-12-11-13-15-23)20-26(27(32)33)21-31(4,5)30(37)39-17-10-7-2/h11-15,22,24-26H,6-10,16-21H2,1-5H3,(H2,32,33)(H,34,35). The van der Waals surface area contributed by atoms with Gasteiger partial charge in [-0.05, 0) is 70.3 Å². The molecule has 0 saturated carbocycles. The van der Waals surface area contributed by atoms with Crippen LogP contribution in [0.15, 0.2) is 30.3 Å². The summed E-state index contributed by atoms with van der Waals surface area (Å²) in [6.07, 6.45) is 4.37. The topological polar surface area (TPSA) is 133 Å². The number of carbonyl (C=O) groups is 4. The van der Waals surface area contributed by atoms with Gasteiger partial charge in [-0.1, -0.05) is 63.9 Å². The molecule has 0 aliphatic carbocycles. The summed E-state index contributed by atoms with van der Waals surface area (Å²) >= 11 is 0. The average Bonchev–Trinajstić information content (AvgIpc) is 2.90. The molecule has 0 aliphatic rings. The number of nitrogens with two attached hydrogens (primary N) is 1. The second kappa shape index (κ2) is 17.6. The van der Waals surface area contributed by atoms with Crippen molar-refractivity contribution < 1.29 is 33.8 Å². The fraction of sp³-hybridized carbons (Fsp3) is 0.677. The summed E-state index contributed by atoms with van der Waals surface area (Å²) in [6.45, 7) is 9.89. The van der Waals surface area contributed by atoms with Gasteiger partial charge in [0, 0.05) is 5.92 Å². The average molecular weight is 548 g/mol. The van der Waals surface area contributed by atoms with Crippen molar-refractivity contribution in [2.45, 2.75) is 98.3 Å². The molecule has 4 atom stereocenters. The zero-order valence-corrected chi connectivity index (χ0v) is 24.4. The first-order valence-electron chi connectivity index (χ1n) is 14.4. The molecule has 0 spiro atoms. The van der Waals surface area contributed by atoms with Crippen molar-refractivity contribution in [3.63, 3.8) is 0 Å². The van der Waals surface area contributed by atoms with Gasteiger partial charge in [-0.25, -0.2) is 0 Å². The van der Waals surface area contributed by atoms with E-state index in [1.807, 2.05) is 51.1 Å². The fourth-order valence-corrected chi connectivity index (χ4v) is 4.82. The van der Waals surface area contributed by atoms with Gasteiger partial charge in [0.2, 0.25) is 5.91 Å². The summed E-state index contributed by atoms with van der Waals surface area (Å²) in [6, 6.07) is 9.73. The van der Waals surface area contributed by atoms with E-state index in [9.17, 15) is 24.3 Å². The Morgan fingerprint density at radius 1 is 0.846 bits per heavy atom. The second-order valence-corrected chi connectivity index (χ2v) is 11.2. The molecule has 8 nitrogen and oxygen atoms in total. The minimum Gasteiger partial charge on any atom is -0.481 e. The number of primary amides is 1. The summed E-state index contributed by atoms with van der Waals surface area (Å²) < 4.78 is 10.9. The monoisotopic (exact) mass is 547 g/mol. The molecule has 1 amide bonds. The number of rotatable bonds is 20. The maximum atomic E-state index is 13.2. The summed E-state index contributed by atoms with van der Waals surface area (Å²) in [5.41, 5.74) is 5.79. The highest BCUT2D eigenvalue weighted by atomic mass is 16.5. The van der Waals surface area contributed by atoms with Crippen LogP contribution in [0.2, 0.25) is 0 Å². The van der Waals surface area contributed by atoms with Gasteiger partial charge in [0.15, 0.2) is 0 Å². The zero-order chi connectivity index (χ0) is 29.4. The van der Waals surface area contributed by atoms with Crippen LogP contribution in [-0.4, -0.2) is 42.1 Å². The highest BCUT2D eigenvalue weighted by Crippen LogP contribution is 2.35. The Labute approximate surface area is 234 Å². The van der Waals surface area contributed by atoms with E-state index in [2.05, 4.69) is 0 Å². The van der Waals surface area contributed by atoms with E-state index in [1.165, 1.54) is 0 Å². The number of carboxylic acid groups (broad SMARTS) is 1. The lowest BCUT2D eigenvalue weighted by molar-refractivity contribution is -0.155.